The summed E-state index contributed by atoms with van der Waals surface area (Å²) in [7, 11) is 1.64. The number of ether oxygens (including phenoxy) is 2. The summed E-state index contributed by atoms with van der Waals surface area (Å²) in [4.78, 5) is 22.8. The summed E-state index contributed by atoms with van der Waals surface area (Å²) in [5, 5.41) is 11.6. The van der Waals surface area contributed by atoms with Crippen LogP contribution in [0.1, 0.15) is 29.7 Å². The molecule has 0 aromatic heterocycles. The molecule has 1 amide bonds. The molecule has 0 saturated heterocycles. The van der Waals surface area contributed by atoms with Gasteiger partial charge in [-0.15, -0.1) is 0 Å². The Balaban J connectivity index is 1.90. The molecule has 0 saturated carbocycles. The molecule has 2 N–H and O–H groups in total. The van der Waals surface area contributed by atoms with E-state index in [0.29, 0.717) is 18.8 Å². The zero-order valence-electron chi connectivity index (χ0n) is 14.9. The van der Waals surface area contributed by atoms with Crippen LogP contribution in [0.4, 0.5) is 0 Å². The normalized spacial score (nSPS) is 11.6. The number of rotatable bonds is 9. The quantitative estimate of drug-likeness (QED) is 0.721. The van der Waals surface area contributed by atoms with Crippen LogP contribution in [0.25, 0.3) is 0 Å². The number of nitrogens with one attached hydrogen (secondary N) is 1. The van der Waals surface area contributed by atoms with Crippen molar-refractivity contribution in [3.05, 3.63) is 65.2 Å². The van der Waals surface area contributed by atoms with Crippen LogP contribution < -0.4 is 10.1 Å². The summed E-state index contributed by atoms with van der Waals surface area (Å²) in [6.45, 7) is 2.03. The highest BCUT2D eigenvalue weighted by atomic mass is 16.5. The highest BCUT2D eigenvalue weighted by Crippen LogP contribution is 2.18. The van der Waals surface area contributed by atoms with Crippen LogP contribution in [0.3, 0.4) is 0 Å². The fourth-order valence-corrected chi connectivity index (χ4v) is 2.56. The van der Waals surface area contributed by atoms with E-state index < -0.39 is 5.97 Å². The predicted molar refractivity (Wildman–Crippen MR) is 97.0 cm³/mol. The number of hydrogen-bond acceptors (Lipinski definition) is 4. The molecule has 2 rings (SSSR count). The molecule has 6 heteroatoms. The van der Waals surface area contributed by atoms with E-state index in [1.54, 1.807) is 31.4 Å². The molecule has 0 bridgehead atoms. The Morgan fingerprint density at radius 1 is 1.12 bits per heavy atom. The smallest absolute Gasteiger partial charge is 0.341 e. The number of aliphatic carboxylic acids is 1. The maximum absolute atomic E-state index is 12.3. The minimum atomic E-state index is -1.02. The van der Waals surface area contributed by atoms with E-state index in [-0.39, 0.29) is 18.6 Å². The van der Waals surface area contributed by atoms with Crippen molar-refractivity contribution in [2.24, 2.45) is 0 Å². The van der Waals surface area contributed by atoms with Crippen molar-refractivity contribution in [1.82, 2.24) is 5.32 Å². The van der Waals surface area contributed by atoms with E-state index in [1.165, 1.54) is 0 Å². The number of hydrogen-bond donors (Lipinski definition) is 2. The molecule has 6 nitrogen and oxygen atoms in total. The Labute approximate surface area is 152 Å². The molecular weight excluding hydrogens is 334 g/mol. The van der Waals surface area contributed by atoms with E-state index in [2.05, 4.69) is 5.32 Å². The van der Waals surface area contributed by atoms with E-state index in [9.17, 15) is 9.59 Å². The molecule has 2 aromatic carbocycles. The molecule has 0 aliphatic rings. The topological polar surface area (TPSA) is 84.9 Å². The Hall–Kier alpha value is -2.86. The van der Waals surface area contributed by atoms with Crippen molar-refractivity contribution in [3.63, 3.8) is 0 Å². The zero-order valence-corrected chi connectivity index (χ0v) is 14.9. The van der Waals surface area contributed by atoms with Gasteiger partial charge in [0.25, 0.3) is 0 Å². The van der Waals surface area contributed by atoms with Gasteiger partial charge in [0.15, 0.2) is 6.61 Å². The number of methoxy groups -OCH3 is 1. The molecule has 0 radical (unpaired) electrons. The fourth-order valence-electron chi connectivity index (χ4n) is 2.56. The van der Waals surface area contributed by atoms with Crippen molar-refractivity contribution >= 4 is 11.9 Å². The van der Waals surface area contributed by atoms with Gasteiger partial charge in [0.1, 0.15) is 5.75 Å². The lowest BCUT2D eigenvalue weighted by molar-refractivity contribution is -0.139. The van der Waals surface area contributed by atoms with E-state index in [4.69, 9.17) is 14.6 Å². The van der Waals surface area contributed by atoms with Gasteiger partial charge < -0.3 is 19.9 Å². The second kappa shape index (κ2) is 9.58. The second-order valence-corrected chi connectivity index (χ2v) is 5.97. The third-order valence-corrected chi connectivity index (χ3v) is 3.79. The fraction of sp³-hybridized carbons (Fsp3) is 0.300. The minimum Gasteiger partial charge on any atom is -0.482 e. The molecule has 0 aliphatic heterocycles. The maximum Gasteiger partial charge on any atom is 0.341 e. The Bertz CT molecular complexity index is 742. The number of carboxylic acids is 1. The lowest BCUT2D eigenvalue weighted by Gasteiger charge is -2.15. The van der Waals surface area contributed by atoms with Crippen LogP contribution >= 0.6 is 0 Å². The number of carbonyl (C=O) groups is 2. The number of benzene rings is 2. The van der Waals surface area contributed by atoms with Crippen molar-refractivity contribution in [2.75, 3.05) is 13.7 Å². The second-order valence-electron chi connectivity index (χ2n) is 5.97. The first kappa shape index (κ1) is 19.5. The molecule has 138 valence electrons. The predicted octanol–water partition coefficient (Wildman–Crippen LogP) is 2.72. The minimum absolute atomic E-state index is 0.0710. The van der Waals surface area contributed by atoms with Crippen LogP contribution in [0.5, 0.6) is 5.75 Å². The van der Waals surface area contributed by atoms with Crippen molar-refractivity contribution in [2.45, 2.75) is 26.0 Å². The summed E-state index contributed by atoms with van der Waals surface area (Å²) >= 11 is 0. The van der Waals surface area contributed by atoms with E-state index in [1.807, 2.05) is 31.2 Å². The molecule has 0 heterocycles. The molecule has 0 aliphatic carbocycles. The third-order valence-electron chi connectivity index (χ3n) is 3.79. The van der Waals surface area contributed by atoms with Crippen molar-refractivity contribution in [1.29, 1.82) is 0 Å². The van der Waals surface area contributed by atoms with E-state index in [0.717, 1.165) is 16.7 Å². The Morgan fingerprint density at radius 2 is 1.81 bits per heavy atom. The molecule has 0 spiro atoms. The molecule has 1 unspecified atom stereocenters. The number of amides is 1. The lowest BCUT2D eigenvalue weighted by Crippen LogP contribution is -2.28. The average Bonchev–Trinajstić information content (AvgIpc) is 2.61. The zero-order chi connectivity index (χ0) is 18.9. The Morgan fingerprint density at radius 3 is 2.46 bits per heavy atom. The van der Waals surface area contributed by atoms with Gasteiger partial charge in [-0.05, 0) is 35.7 Å². The van der Waals surface area contributed by atoms with Crippen LogP contribution in [-0.4, -0.2) is 30.7 Å². The van der Waals surface area contributed by atoms with Gasteiger partial charge in [0.05, 0.1) is 19.1 Å². The van der Waals surface area contributed by atoms with E-state index >= 15 is 0 Å². The Kier molecular flexibility index (Phi) is 7.17. The van der Waals surface area contributed by atoms with Gasteiger partial charge in [-0.2, -0.15) is 0 Å². The first-order valence-electron chi connectivity index (χ1n) is 8.28. The SMILES string of the molecule is COCc1cccc(CC(=O)NC(C)c2ccc(OCC(=O)O)cc2)c1. The third kappa shape index (κ3) is 6.22. The summed E-state index contributed by atoms with van der Waals surface area (Å²) < 4.78 is 10.2. The van der Waals surface area contributed by atoms with Crippen molar-refractivity contribution in [3.8, 4) is 5.75 Å². The summed E-state index contributed by atoms with van der Waals surface area (Å²) in [5.74, 6) is -0.618. The first-order chi connectivity index (χ1) is 12.5. The average molecular weight is 357 g/mol. The molecule has 1 atom stereocenters. The van der Waals surface area contributed by atoms with Gasteiger partial charge in [-0.25, -0.2) is 4.79 Å². The van der Waals surface area contributed by atoms with Gasteiger partial charge >= 0.3 is 5.97 Å². The summed E-state index contributed by atoms with van der Waals surface area (Å²) in [6.07, 6.45) is 0.293. The standard InChI is InChI=1S/C20H23NO5/c1-14(17-6-8-18(9-7-17)26-13-20(23)24)21-19(22)11-15-4-3-5-16(10-15)12-25-2/h3-10,14H,11-13H2,1-2H3,(H,21,22)(H,23,24). The van der Waals surface area contributed by atoms with Crippen LogP contribution in [0, 0.1) is 0 Å². The first-order valence-corrected chi connectivity index (χ1v) is 8.28. The summed E-state index contributed by atoms with van der Waals surface area (Å²) in [5.41, 5.74) is 2.87. The van der Waals surface area contributed by atoms with Crippen LogP contribution in [0.2, 0.25) is 0 Å². The lowest BCUT2D eigenvalue weighted by atomic mass is 10.1. The van der Waals surface area contributed by atoms with Crippen LogP contribution in [0.15, 0.2) is 48.5 Å². The highest BCUT2D eigenvalue weighted by molar-refractivity contribution is 5.79. The monoisotopic (exact) mass is 357 g/mol. The van der Waals surface area contributed by atoms with Gasteiger partial charge in [0, 0.05) is 7.11 Å². The number of carbonyl (C=O) groups excluding carboxylic acids is 1. The molecule has 0 fully saturated rings. The van der Waals surface area contributed by atoms with Crippen molar-refractivity contribution < 1.29 is 24.2 Å². The van der Waals surface area contributed by atoms with Crippen LogP contribution in [-0.2, 0) is 27.4 Å². The van der Waals surface area contributed by atoms with Gasteiger partial charge in [-0.3, -0.25) is 4.79 Å². The molecular formula is C20H23NO5. The largest absolute Gasteiger partial charge is 0.482 e. The number of carboxylic acid groups (broad SMARTS) is 1. The maximum atomic E-state index is 12.3. The molecule has 26 heavy (non-hydrogen) atoms. The molecule has 2 aromatic rings. The highest BCUT2D eigenvalue weighted by Gasteiger charge is 2.11. The van der Waals surface area contributed by atoms with Gasteiger partial charge in [-0.1, -0.05) is 36.4 Å². The van der Waals surface area contributed by atoms with Gasteiger partial charge in [0.2, 0.25) is 5.91 Å². The summed E-state index contributed by atoms with van der Waals surface area (Å²) in [6, 6.07) is 14.6.